The Bertz CT molecular complexity index is 1630. The highest BCUT2D eigenvalue weighted by atomic mass is 16.5. The number of hydrogen-bond donors (Lipinski definition) is 0. The van der Waals surface area contributed by atoms with E-state index in [4.69, 9.17) is 9.84 Å². The second kappa shape index (κ2) is 12.0. The first-order valence-corrected chi connectivity index (χ1v) is 15.2. The minimum atomic E-state index is -0.399. The van der Waals surface area contributed by atoms with Crippen molar-refractivity contribution < 1.29 is 4.74 Å². The summed E-state index contributed by atoms with van der Waals surface area (Å²) in [6.45, 7) is 12.3. The van der Waals surface area contributed by atoms with Gasteiger partial charge in [0.1, 0.15) is 11.6 Å². The molecule has 0 spiro atoms. The van der Waals surface area contributed by atoms with Crippen LogP contribution >= 0.6 is 0 Å². The van der Waals surface area contributed by atoms with E-state index in [1.807, 2.05) is 19.9 Å². The highest BCUT2D eigenvalue weighted by Crippen LogP contribution is 2.51. The first-order valence-electron chi connectivity index (χ1n) is 15.2. The minimum Gasteiger partial charge on any atom is -0.494 e. The van der Waals surface area contributed by atoms with E-state index in [2.05, 4.69) is 87.5 Å². The monoisotopic (exact) mass is 562 g/mol. The van der Waals surface area contributed by atoms with Gasteiger partial charge >= 0.3 is 5.69 Å². The molecule has 0 unspecified atom stereocenters. The van der Waals surface area contributed by atoms with Crippen molar-refractivity contribution in [2.45, 2.75) is 90.6 Å². The topological polar surface area (TPSA) is 72.8 Å². The Morgan fingerprint density at radius 2 is 1.60 bits per heavy atom. The van der Waals surface area contributed by atoms with Crippen molar-refractivity contribution >= 4 is 0 Å². The van der Waals surface area contributed by atoms with Crippen LogP contribution in [0, 0.1) is 11.3 Å². The van der Waals surface area contributed by atoms with Gasteiger partial charge in [-0.15, -0.1) is 0 Å². The molecule has 5 rings (SSSR count). The third kappa shape index (κ3) is 6.21. The van der Waals surface area contributed by atoms with Crippen molar-refractivity contribution in [2.75, 3.05) is 6.61 Å². The van der Waals surface area contributed by atoms with Crippen LogP contribution in [0.25, 0.3) is 11.1 Å². The van der Waals surface area contributed by atoms with Gasteiger partial charge in [-0.25, -0.2) is 9.48 Å². The van der Waals surface area contributed by atoms with Gasteiger partial charge in [0.2, 0.25) is 0 Å². The minimum absolute atomic E-state index is 0.0455. The van der Waals surface area contributed by atoms with Crippen LogP contribution in [0.5, 0.6) is 5.75 Å². The fourth-order valence-corrected chi connectivity index (χ4v) is 5.62. The summed E-state index contributed by atoms with van der Waals surface area (Å²) < 4.78 is 9.24. The molecule has 1 fully saturated rings. The van der Waals surface area contributed by atoms with Crippen LogP contribution in [-0.2, 0) is 36.8 Å². The second-order valence-electron chi connectivity index (χ2n) is 12.4. The van der Waals surface area contributed by atoms with E-state index < -0.39 is 5.41 Å². The fourth-order valence-electron chi connectivity index (χ4n) is 5.62. The molecular formula is C36H42N4O2. The van der Waals surface area contributed by atoms with Crippen molar-refractivity contribution in [3.05, 3.63) is 105 Å². The summed E-state index contributed by atoms with van der Waals surface area (Å²) in [6.07, 6.45) is 4.35. The lowest BCUT2D eigenvalue weighted by Gasteiger charge is -2.19. The number of rotatable bonds is 11. The molecule has 0 N–H and O–H groups in total. The second-order valence-corrected chi connectivity index (χ2v) is 12.4. The Kier molecular flexibility index (Phi) is 8.41. The maximum Gasteiger partial charge on any atom is 0.346 e. The molecule has 0 aliphatic heterocycles. The summed E-state index contributed by atoms with van der Waals surface area (Å²) in [7, 11) is 0. The van der Waals surface area contributed by atoms with Crippen LogP contribution in [0.2, 0.25) is 0 Å². The molecule has 6 heteroatoms. The van der Waals surface area contributed by atoms with E-state index in [1.165, 1.54) is 11.1 Å². The number of aromatic nitrogens is 3. The van der Waals surface area contributed by atoms with Gasteiger partial charge in [-0.3, -0.25) is 4.57 Å². The highest BCUT2D eigenvalue weighted by molar-refractivity contribution is 5.68. The lowest BCUT2D eigenvalue weighted by Crippen LogP contribution is -2.25. The zero-order valence-corrected chi connectivity index (χ0v) is 25.6. The SMILES string of the molecule is CCOc1ccc(-c2ccc(CCCc3nn(Cc4ccc(C(C)(C)C)cc4)c(=O)n3CC)cc2)cc1C1(C#N)CC1. The Hall–Kier alpha value is -4.11. The number of benzene rings is 3. The zero-order chi connectivity index (χ0) is 29.9. The van der Waals surface area contributed by atoms with Crippen molar-refractivity contribution in [3.63, 3.8) is 0 Å². The first-order chi connectivity index (χ1) is 20.2. The van der Waals surface area contributed by atoms with Crippen LogP contribution < -0.4 is 10.4 Å². The maximum atomic E-state index is 13.1. The normalized spacial score (nSPS) is 14.0. The Balaban J connectivity index is 1.23. The van der Waals surface area contributed by atoms with Gasteiger partial charge in [0.05, 0.1) is 24.6 Å². The molecule has 42 heavy (non-hydrogen) atoms. The van der Waals surface area contributed by atoms with Crippen LogP contribution in [0.15, 0.2) is 71.5 Å². The van der Waals surface area contributed by atoms with Crippen LogP contribution in [-0.4, -0.2) is 21.0 Å². The lowest BCUT2D eigenvalue weighted by atomic mass is 9.87. The molecule has 1 saturated carbocycles. The molecule has 0 bridgehead atoms. The van der Waals surface area contributed by atoms with Gasteiger partial charge in [-0.2, -0.15) is 10.4 Å². The van der Waals surface area contributed by atoms with E-state index >= 15 is 0 Å². The number of nitrogens with zero attached hydrogens (tertiary/aromatic N) is 4. The van der Waals surface area contributed by atoms with E-state index in [-0.39, 0.29) is 11.1 Å². The van der Waals surface area contributed by atoms with E-state index in [0.29, 0.717) is 19.7 Å². The van der Waals surface area contributed by atoms with Crippen molar-refractivity contribution in [2.24, 2.45) is 0 Å². The van der Waals surface area contributed by atoms with E-state index in [9.17, 15) is 10.1 Å². The molecule has 4 aromatic rings. The number of hydrogen-bond acceptors (Lipinski definition) is 4. The average molecular weight is 563 g/mol. The van der Waals surface area contributed by atoms with Gasteiger partial charge in [-0.05, 0) is 84.9 Å². The smallest absolute Gasteiger partial charge is 0.346 e. The standard InChI is InChI=1S/C36H42N4O2/c1-6-39-33(38-40(34(39)41)24-27-13-18-30(19-14-27)35(3,4)5)10-8-9-26-11-15-28(16-12-26)29-17-20-32(42-7-2)31(23-29)36(25-37)21-22-36/h11-20,23H,6-10,21-22,24H2,1-5H3. The molecule has 0 atom stereocenters. The van der Waals surface area contributed by atoms with Crippen LogP contribution in [0.3, 0.4) is 0 Å². The van der Waals surface area contributed by atoms with Crippen molar-refractivity contribution in [3.8, 4) is 22.9 Å². The maximum absolute atomic E-state index is 13.1. The van der Waals surface area contributed by atoms with Gasteiger partial charge in [0.25, 0.3) is 0 Å². The molecule has 1 heterocycles. The molecule has 0 amide bonds. The Morgan fingerprint density at radius 1 is 0.929 bits per heavy atom. The average Bonchev–Trinajstić information content (AvgIpc) is 3.73. The lowest BCUT2D eigenvalue weighted by molar-refractivity contribution is 0.335. The number of aryl methyl sites for hydroxylation is 2. The van der Waals surface area contributed by atoms with E-state index in [1.54, 1.807) is 9.25 Å². The molecule has 3 aromatic carbocycles. The van der Waals surface area contributed by atoms with Gasteiger partial charge in [-0.1, -0.05) is 75.4 Å². The van der Waals surface area contributed by atoms with Crippen LogP contribution in [0.4, 0.5) is 0 Å². The zero-order valence-electron chi connectivity index (χ0n) is 25.6. The van der Waals surface area contributed by atoms with Crippen molar-refractivity contribution in [1.29, 1.82) is 5.26 Å². The molecule has 0 saturated heterocycles. The van der Waals surface area contributed by atoms with Crippen LogP contribution in [0.1, 0.15) is 82.0 Å². The largest absolute Gasteiger partial charge is 0.494 e. The molecule has 0 radical (unpaired) electrons. The number of ether oxygens (including phenoxy) is 1. The first kappa shape index (κ1) is 29.4. The molecule has 1 aliphatic carbocycles. The highest BCUT2D eigenvalue weighted by Gasteiger charge is 2.47. The van der Waals surface area contributed by atoms with Gasteiger partial charge in [0, 0.05) is 18.5 Å². The summed E-state index contributed by atoms with van der Waals surface area (Å²) >= 11 is 0. The predicted octanol–water partition coefficient (Wildman–Crippen LogP) is 7.21. The Labute approximate surface area is 249 Å². The molecule has 1 aromatic heterocycles. The summed E-state index contributed by atoms with van der Waals surface area (Å²) in [4.78, 5) is 13.1. The summed E-state index contributed by atoms with van der Waals surface area (Å²) in [6, 6.07) is 25.9. The molecule has 1 aliphatic rings. The molecular weight excluding hydrogens is 520 g/mol. The Morgan fingerprint density at radius 3 is 2.19 bits per heavy atom. The number of nitriles is 1. The third-order valence-corrected chi connectivity index (χ3v) is 8.38. The molecule has 6 nitrogen and oxygen atoms in total. The van der Waals surface area contributed by atoms with Gasteiger partial charge in [0.15, 0.2) is 0 Å². The van der Waals surface area contributed by atoms with Gasteiger partial charge < -0.3 is 4.74 Å². The predicted molar refractivity (Wildman–Crippen MR) is 168 cm³/mol. The third-order valence-electron chi connectivity index (χ3n) is 8.38. The fraction of sp³-hybridized carbons (Fsp3) is 0.417. The van der Waals surface area contributed by atoms with Crippen molar-refractivity contribution in [1.82, 2.24) is 14.3 Å². The quantitative estimate of drug-likeness (QED) is 0.194. The summed E-state index contributed by atoms with van der Waals surface area (Å²) in [5, 5.41) is 14.5. The summed E-state index contributed by atoms with van der Waals surface area (Å²) in [5.41, 5.74) is 6.51. The van der Waals surface area contributed by atoms with E-state index in [0.717, 1.165) is 65.9 Å². The molecule has 218 valence electrons. The summed E-state index contributed by atoms with van der Waals surface area (Å²) in [5.74, 6) is 1.67.